The van der Waals surface area contributed by atoms with E-state index in [1.807, 2.05) is 0 Å². The second-order valence-corrected chi connectivity index (χ2v) is 2.33. The van der Waals surface area contributed by atoms with Crippen molar-refractivity contribution in [3.8, 4) is 6.07 Å². The Hall–Kier alpha value is -0.820. The fraction of sp³-hybridized carbons (Fsp3) is 0.600. The minimum Gasteiger partial charge on any atom is -0.361 e. The summed E-state index contributed by atoms with van der Waals surface area (Å²) in [5.41, 5.74) is 0. The van der Waals surface area contributed by atoms with Gasteiger partial charge < -0.3 is 10.6 Å². The maximum atomic E-state index is 8.40. The molecule has 0 aromatic rings. The van der Waals surface area contributed by atoms with Gasteiger partial charge in [-0.15, -0.1) is 0 Å². The summed E-state index contributed by atoms with van der Waals surface area (Å²) in [5, 5.41) is 14.8. The van der Waals surface area contributed by atoms with E-state index in [0.717, 1.165) is 0 Å². The molecule has 0 saturated carbocycles. The highest BCUT2D eigenvalue weighted by atomic mass is 32.1. The first-order valence-corrected chi connectivity index (χ1v) is 3.15. The summed E-state index contributed by atoms with van der Waals surface area (Å²) >= 11 is 4.77. The number of nitrogens with zero attached hydrogens (tertiary/aromatic N) is 1. The number of rotatable bonds is 0. The Balaban J connectivity index is 2.37. The minimum absolute atomic E-state index is 0.0664. The van der Waals surface area contributed by atoms with Gasteiger partial charge in [0, 0.05) is 13.1 Å². The number of thiocarbonyl (C=S) groups is 1. The molecule has 0 amide bonds. The van der Waals surface area contributed by atoms with Gasteiger partial charge in [-0.1, -0.05) is 0 Å². The van der Waals surface area contributed by atoms with Gasteiger partial charge in [0.25, 0.3) is 0 Å². The summed E-state index contributed by atoms with van der Waals surface area (Å²) in [7, 11) is 0. The van der Waals surface area contributed by atoms with Crippen LogP contribution >= 0.6 is 12.2 Å². The van der Waals surface area contributed by atoms with Crippen LogP contribution in [0.15, 0.2) is 0 Å². The Kier molecular flexibility index (Phi) is 1.85. The first kappa shape index (κ1) is 6.30. The summed E-state index contributed by atoms with van der Waals surface area (Å²) in [6.07, 6.45) is 0. The molecule has 4 heteroatoms. The molecule has 1 saturated heterocycles. The van der Waals surface area contributed by atoms with Crippen LogP contribution in [0.1, 0.15) is 0 Å². The number of nitrogens with one attached hydrogen (secondary N) is 2. The average Bonchev–Trinajstić information content (AvgIpc) is 1.90. The van der Waals surface area contributed by atoms with Gasteiger partial charge in [0.05, 0.1) is 12.0 Å². The Morgan fingerprint density at radius 3 is 2.56 bits per heavy atom. The van der Waals surface area contributed by atoms with Crippen molar-refractivity contribution in [2.75, 3.05) is 13.1 Å². The summed E-state index contributed by atoms with van der Waals surface area (Å²) < 4.78 is 0. The van der Waals surface area contributed by atoms with Crippen molar-refractivity contribution in [1.82, 2.24) is 10.6 Å². The molecule has 0 spiro atoms. The SMILES string of the molecule is N#CC1CNC(=S)NC1. The molecule has 48 valence electrons. The second-order valence-electron chi connectivity index (χ2n) is 1.92. The first-order chi connectivity index (χ1) is 4.33. The lowest BCUT2D eigenvalue weighted by Crippen LogP contribution is -2.47. The molecule has 1 heterocycles. The Morgan fingerprint density at radius 1 is 1.56 bits per heavy atom. The van der Waals surface area contributed by atoms with E-state index in [1.54, 1.807) is 0 Å². The van der Waals surface area contributed by atoms with Gasteiger partial charge in [-0.3, -0.25) is 0 Å². The van der Waals surface area contributed by atoms with Crippen molar-refractivity contribution < 1.29 is 0 Å². The van der Waals surface area contributed by atoms with Gasteiger partial charge in [-0.25, -0.2) is 0 Å². The minimum atomic E-state index is 0.0664. The monoisotopic (exact) mass is 141 g/mol. The molecular formula is C5H7N3S. The predicted molar refractivity (Wildman–Crippen MR) is 37.7 cm³/mol. The molecule has 9 heavy (non-hydrogen) atoms. The van der Waals surface area contributed by atoms with Gasteiger partial charge in [-0.2, -0.15) is 5.26 Å². The van der Waals surface area contributed by atoms with Crippen LogP contribution in [-0.4, -0.2) is 18.2 Å². The largest absolute Gasteiger partial charge is 0.361 e. The first-order valence-electron chi connectivity index (χ1n) is 2.74. The topological polar surface area (TPSA) is 47.9 Å². The van der Waals surface area contributed by atoms with Crippen LogP contribution in [0, 0.1) is 17.2 Å². The van der Waals surface area contributed by atoms with E-state index in [2.05, 4.69) is 16.7 Å². The fourth-order valence-corrected chi connectivity index (χ4v) is 0.824. The van der Waals surface area contributed by atoms with E-state index in [1.165, 1.54) is 0 Å². The van der Waals surface area contributed by atoms with Gasteiger partial charge in [0.1, 0.15) is 0 Å². The fourth-order valence-electron chi connectivity index (χ4n) is 0.658. The van der Waals surface area contributed by atoms with Crippen molar-refractivity contribution >= 4 is 17.3 Å². The van der Waals surface area contributed by atoms with E-state index in [-0.39, 0.29) is 5.92 Å². The zero-order valence-corrected chi connectivity index (χ0v) is 5.66. The predicted octanol–water partition coefficient (Wildman–Crippen LogP) is -0.396. The average molecular weight is 141 g/mol. The van der Waals surface area contributed by atoms with Crippen LogP contribution < -0.4 is 10.6 Å². The van der Waals surface area contributed by atoms with E-state index < -0.39 is 0 Å². The summed E-state index contributed by atoms with van der Waals surface area (Å²) in [6.45, 7) is 1.37. The Morgan fingerprint density at radius 2 is 2.11 bits per heavy atom. The van der Waals surface area contributed by atoms with Crippen LogP contribution in [-0.2, 0) is 0 Å². The summed E-state index contributed by atoms with van der Waals surface area (Å²) in [5.74, 6) is 0.0664. The highest BCUT2D eigenvalue weighted by Crippen LogP contribution is 1.93. The second kappa shape index (κ2) is 2.65. The molecule has 1 aliphatic rings. The van der Waals surface area contributed by atoms with E-state index in [9.17, 15) is 0 Å². The molecule has 0 radical (unpaired) electrons. The lowest BCUT2D eigenvalue weighted by atomic mass is 10.1. The van der Waals surface area contributed by atoms with Gasteiger partial charge >= 0.3 is 0 Å². The van der Waals surface area contributed by atoms with Crippen LogP contribution in [0.3, 0.4) is 0 Å². The highest BCUT2D eigenvalue weighted by Gasteiger charge is 2.12. The maximum Gasteiger partial charge on any atom is 0.166 e. The lowest BCUT2D eigenvalue weighted by molar-refractivity contribution is 0.573. The highest BCUT2D eigenvalue weighted by molar-refractivity contribution is 7.80. The van der Waals surface area contributed by atoms with E-state index in [0.29, 0.717) is 18.2 Å². The molecule has 0 unspecified atom stereocenters. The quantitative estimate of drug-likeness (QED) is 0.451. The zero-order valence-electron chi connectivity index (χ0n) is 4.85. The molecule has 2 N–H and O–H groups in total. The third-order valence-corrected chi connectivity index (χ3v) is 1.49. The van der Waals surface area contributed by atoms with Crippen LogP contribution in [0.25, 0.3) is 0 Å². The van der Waals surface area contributed by atoms with Crippen molar-refractivity contribution in [2.45, 2.75) is 0 Å². The zero-order chi connectivity index (χ0) is 6.69. The molecule has 0 aromatic heterocycles. The van der Waals surface area contributed by atoms with Gasteiger partial charge in [-0.05, 0) is 12.2 Å². The molecule has 0 atom stereocenters. The number of hydrogen-bond acceptors (Lipinski definition) is 2. The number of hydrogen-bond donors (Lipinski definition) is 2. The van der Waals surface area contributed by atoms with E-state index >= 15 is 0 Å². The smallest absolute Gasteiger partial charge is 0.166 e. The van der Waals surface area contributed by atoms with Crippen LogP contribution in [0.5, 0.6) is 0 Å². The molecule has 1 aliphatic heterocycles. The normalized spacial score (nSPS) is 19.7. The van der Waals surface area contributed by atoms with Gasteiger partial charge in [0.15, 0.2) is 5.11 Å². The Labute approximate surface area is 59.0 Å². The molecular weight excluding hydrogens is 134 g/mol. The van der Waals surface area contributed by atoms with Crippen molar-refractivity contribution in [3.63, 3.8) is 0 Å². The van der Waals surface area contributed by atoms with Crippen molar-refractivity contribution in [2.24, 2.45) is 5.92 Å². The van der Waals surface area contributed by atoms with Crippen LogP contribution in [0.4, 0.5) is 0 Å². The summed E-state index contributed by atoms with van der Waals surface area (Å²) in [6, 6.07) is 2.14. The lowest BCUT2D eigenvalue weighted by Gasteiger charge is -2.19. The summed E-state index contributed by atoms with van der Waals surface area (Å²) in [4.78, 5) is 0. The standard InChI is InChI=1S/C5H7N3S/c6-1-4-2-7-5(9)8-3-4/h4H,2-3H2,(H2,7,8,9). The molecule has 1 fully saturated rings. The van der Waals surface area contributed by atoms with E-state index in [4.69, 9.17) is 17.5 Å². The molecule has 1 rings (SSSR count). The third-order valence-electron chi connectivity index (χ3n) is 1.20. The van der Waals surface area contributed by atoms with Crippen LogP contribution in [0.2, 0.25) is 0 Å². The van der Waals surface area contributed by atoms with Gasteiger partial charge in [0.2, 0.25) is 0 Å². The maximum absolute atomic E-state index is 8.40. The molecule has 0 aromatic carbocycles. The molecule has 3 nitrogen and oxygen atoms in total. The van der Waals surface area contributed by atoms with Crippen molar-refractivity contribution in [3.05, 3.63) is 0 Å². The molecule has 0 aliphatic carbocycles. The van der Waals surface area contributed by atoms with Crippen molar-refractivity contribution in [1.29, 1.82) is 5.26 Å². The Bertz CT molecular complexity index is 150. The molecule has 0 bridgehead atoms. The third kappa shape index (κ3) is 1.54. The number of nitriles is 1.